The molecule has 0 saturated carbocycles. The van der Waals surface area contributed by atoms with E-state index in [2.05, 4.69) is 0 Å². The summed E-state index contributed by atoms with van der Waals surface area (Å²) in [5.74, 6) is 0.770. The first-order chi connectivity index (χ1) is 7.19. The van der Waals surface area contributed by atoms with Gasteiger partial charge in [-0.15, -0.1) is 0 Å². The van der Waals surface area contributed by atoms with Crippen LogP contribution in [0.3, 0.4) is 0 Å². The Balaban J connectivity index is 3.51. The number of hydrogen-bond acceptors (Lipinski definition) is 4. The molecule has 0 bridgehead atoms. The molecule has 5 heteroatoms. The van der Waals surface area contributed by atoms with Crippen molar-refractivity contribution in [2.45, 2.75) is 6.54 Å². The van der Waals surface area contributed by atoms with Crippen molar-refractivity contribution in [1.82, 2.24) is 0 Å². The van der Waals surface area contributed by atoms with E-state index in [1.807, 2.05) is 0 Å². The van der Waals surface area contributed by atoms with Crippen LogP contribution in [0.4, 0.5) is 0 Å². The number of methoxy groups -OCH3 is 2. The molecule has 0 atom stereocenters. The summed E-state index contributed by atoms with van der Waals surface area (Å²) in [6.07, 6.45) is 0.660. The van der Waals surface area contributed by atoms with Gasteiger partial charge in [-0.05, 0) is 6.07 Å². The van der Waals surface area contributed by atoms with Crippen LogP contribution in [0.25, 0.3) is 0 Å². The molecule has 15 heavy (non-hydrogen) atoms. The Kier molecular flexibility index (Phi) is 3.94. The molecular formula is C10H12ClNO3. The second kappa shape index (κ2) is 5.00. The van der Waals surface area contributed by atoms with Crippen molar-refractivity contribution in [2.24, 2.45) is 5.73 Å². The lowest BCUT2D eigenvalue weighted by Crippen LogP contribution is -2.04. The van der Waals surface area contributed by atoms with Gasteiger partial charge in [0.05, 0.1) is 19.8 Å². The molecule has 1 rings (SSSR count). The van der Waals surface area contributed by atoms with Gasteiger partial charge >= 0.3 is 0 Å². The highest BCUT2D eigenvalue weighted by molar-refractivity contribution is 6.32. The molecule has 2 N–H and O–H groups in total. The van der Waals surface area contributed by atoms with Crippen LogP contribution in [-0.4, -0.2) is 20.5 Å². The minimum Gasteiger partial charge on any atom is -0.492 e. The molecule has 0 aromatic heterocycles. The summed E-state index contributed by atoms with van der Waals surface area (Å²) in [4.78, 5) is 10.8. The van der Waals surface area contributed by atoms with Gasteiger partial charge in [0.2, 0.25) is 0 Å². The van der Waals surface area contributed by atoms with Gasteiger partial charge in [-0.2, -0.15) is 0 Å². The van der Waals surface area contributed by atoms with Crippen LogP contribution >= 0.6 is 11.6 Å². The molecule has 0 saturated heterocycles. The second-order valence-electron chi connectivity index (χ2n) is 2.81. The Bertz CT molecular complexity index is 379. The van der Waals surface area contributed by atoms with Crippen LogP contribution in [0, 0.1) is 0 Å². The van der Waals surface area contributed by atoms with Crippen molar-refractivity contribution in [3.63, 3.8) is 0 Å². The number of hydrogen-bond donors (Lipinski definition) is 1. The van der Waals surface area contributed by atoms with E-state index in [9.17, 15) is 4.79 Å². The van der Waals surface area contributed by atoms with E-state index in [0.717, 1.165) is 0 Å². The minimum absolute atomic E-state index is 0.220. The fourth-order valence-corrected chi connectivity index (χ4v) is 1.65. The monoisotopic (exact) mass is 229 g/mol. The van der Waals surface area contributed by atoms with Crippen LogP contribution in [0.5, 0.6) is 11.5 Å². The quantitative estimate of drug-likeness (QED) is 0.798. The molecule has 1 aromatic rings. The Morgan fingerprint density at radius 2 is 2.00 bits per heavy atom. The third kappa shape index (κ3) is 2.06. The highest BCUT2D eigenvalue weighted by atomic mass is 35.5. The molecular weight excluding hydrogens is 218 g/mol. The van der Waals surface area contributed by atoms with Crippen molar-refractivity contribution >= 4 is 17.9 Å². The predicted molar refractivity (Wildman–Crippen MR) is 57.8 cm³/mol. The van der Waals surface area contributed by atoms with E-state index in [0.29, 0.717) is 33.9 Å². The van der Waals surface area contributed by atoms with Crippen LogP contribution < -0.4 is 15.2 Å². The predicted octanol–water partition coefficient (Wildman–Crippen LogP) is 1.63. The fourth-order valence-electron chi connectivity index (χ4n) is 1.37. The topological polar surface area (TPSA) is 61.5 Å². The van der Waals surface area contributed by atoms with Crippen molar-refractivity contribution < 1.29 is 14.3 Å². The maximum Gasteiger partial charge on any atom is 0.171 e. The van der Waals surface area contributed by atoms with Gasteiger partial charge in [-0.1, -0.05) is 11.6 Å². The maximum atomic E-state index is 10.8. The number of carbonyl (C=O) groups excluding carboxylic acids is 1. The maximum absolute atomic E-state index is 10.8. The lowest BCUT2D eigenvalue weighted by Gasteiger charge is -2.14. The summed E-state index contributed by atoms with van der Waals surface area (Å²) in [5.41, 5.74) is 6.50. The summed E-state index contributed by atoms with van der Waals surface area (Å²) in [7, 11) is 2.93. The molecule has 0 amide bonds. The van der Waals surface area contributed by atoms with Gasteiger partial charge in [0.25, 0.3) is 0 Å². The first-order valence-corrected chi connectivity index (χ1v) is 4.66. The smallest absolute Gasteiger partial charge is 0.171 e. The molecule has 0 aliphatic heterocycles. The largest absolute Gasteiger partial charge is 0.492 e. The molecule has 82 valence electrons. The zero-order valence-corrected chi connectivity index (χ0v) is 9.30. The molecule has 1 aromatic carbocycles. The number of halogens is 1. The van der Waals surface area contributed by atoms with Gasteiger partial charge in [0.1, 0.15) is 0 Å². The molecule has 0 spiro atoms. The zero-order chi connectivity index (χ0) is 11.4. The Morgan fingerprint density at radius 3 is 2.40 bits per heavy atom. The fraction of sp³-hybridized carbons (Fsp3) is 0.300. The molecule has 0 unspecified atom stereocenters. The zero-order valence-electron chi connectivity index (χ0n) is 8.54. The summed E-state index contributed by atoms with van der Waals surface area (Å²) in [6, 6.07) is 1.51. The average molecular weight is 230 g/mol. The highest BCUT2D eigenvalue weighted by Gasteiger charge is 2.17. The van der Waals surface area contributed by atoms with Crippen LogP contribution in [0.2, 0.25) is 5.02 Å². The Labute approximate surface area is 92.9 Å². The van der Waals surface area contributed by atoms with Gasteiger partial charge in [-0.3, -0.25) is 4.79 Å². The van der Waals surface area contributed by atoms with E-state index in [1.165, 1.54) is 20.3 Å². The molecule has 0 heterocycles. The number of benzene rings is 1. The minimum atomic E-state index is 0.220. The average Bonchev–Trinajstić information content (AvgIpc) is 2.27. The van der Waals surface area contributed by atoms with Crippen LogP contribution in [0.1, 0.15) is 15.9 Å². The number of rotatable bonds is 4. The molecule has 0 radical (unpaired) electrons. The standard InChI is InChI=1S/C10H12ClNO3/c1-14-9-6(5-13)3-8(11)7(4-12)10(9)15-2/h3,5H,4,12H2,1-2H3. The number of aldehydes is 1. The summed E-state index contributed by atoms with van der Waals surface area (Å²) in [5, 5.41) is 0.400. The van der Waals surface area contributed by atoms with E-state index in [1.54, 1.807) is 0 Å². The van der Waals surface area contributed by atoms with Crippen molar-refractivity contribution in [1.29, 1.82) is 0 Å². The van der Waals surface area contributed by atoms with E-state index >= 15 is 0 Å². The molecule has 0 aliphatic carbocycles. The summed E-state index contributed by atoms with van der Waals surface area (Å²) >= 11 is 5.95. The van der Waals surface area contributed by atoms with Crippen molar-refractivity contribution in [2.75, 3.05) is 14.2 Å². The van der Waals surface area contributed by atoms with E-state index in [4.69, 9.17) is 26.8 Å². The van der Waals surface area contributed by atoms with Crippen molar-refractivity contribution in [3.8, 4) is 11.5 Å². The summed E-state index contributed by atoms with van der Waals surface area (Å²) < 4.78 is 10.2. The highest BCUT2D eigenvalue weighted by Crippen LogP contribution is 2.38. The van der Waals surface area contributed by atoms with Gasteiger partial charge in [0.15, 0.2) is 17.8 Å². The Morgan fingerprint density at radius 1 is 1.40 bits per heavy atom. The lowest BCUT2D eigenvalue weighted by atomic mass is 10.1. The number of ether oxygens (including phenoxy) is 2. The first kappa shape index (κ1) is 11.8. The first-order valence-electron chi connectivity index (χ1n) is 4.28. The third-order valence-electron chi connectivity index (χ3n) is 2.05. The van der Waals surface area contributed by atoms with Gasteiger partial charge in [-0.25, -0.2) is 0 Å². The molecule has 0 aliphatic rings. The Hall–Kier alpha value is -1.26. The number of carbonyl (C=O) groups is 1. The lowest BCUT2D eigenvalue weighted by molar-refractivity contribution is 0.112. The normalized spacial score (nSPS) is 9.87. The van der Waals surface area contributed by atoms with E-state index in [-0.39, 0.29) is 6.54 Å². The van der Waals surface area contributed by atoms with Crippen molar-refractivity contribution in [3.05, 3.63) is 22.2 Å². The van der Waals surface area contributed by atoms with E-state index < -0.39 is 0 Å². The van der Waals surface area contributed by atoms with Crippen LogP contribution in [0.15, 0.2) is 6.07 Å². The van der Waals surface area contributed by atoms with Crippen LogP contribution in [-0.2, 0) is 6.54 Å². The number of nitrogens with two attached hydrogens (primary N) is 1. The SMILES string of the molecule is COc1c(C=O)cc(Cl)c(CN)c1OC. The van der Waals surface area contributed by atoms with Gasteiger partial charge in [0, 0.05) is 17.1 Å². The molecule has 4 nitrogen and oxygen atoms in total. The molecule has 0 fully saturated rings. The summed E-state index contributed by atoms with van der Waals surface area (Å²) in [6.45, 7) is 0.220. The third-order valence-corrected chi connectivity index (χ3v) is 2.39. The van der Waals surface area contributed by atoms with Gasteiger partial charge < -0.3 is 15.2 Å². The second-order valence-corrected chi connectivity index (χ2v) is 3.22.